The molecule has 2 fully saturated rings. The second kappa shape index (κ2) is 22.5. The molecule has 360 valence electrons. The highest BCUT2D eigenvalue weighted by atomic mass is 127. The first-order valence-corrected chi connectivity index (χ1v) is 29.0. The number of halogens is 2. The lowest BCUT2D eigenvalue weighted by Gasteiger charge is -2.30. The van der Waals surface area contributed by atoms with E-state index in [9.17, 15) is 4.79 Å². The van der Waals surface area contributed by atoms with E-state index in [1.165, 1.54) is 53.4 Å². The van der Waals surface area contributed by atoms with Crippen LogP contribution in [0, 0.1) is 29.4 Å². The predicted molar refractivity (Wildman–Crippen MR) is 280 cm³/mol. The van der Waals surface area contributed by atoms with Gasteiger partial charge in [-0.1, -0.05) is 33.5 Å². The fourth-order valence-electron chi connectivity index (χ4n) is 8.52. The van der Waals surface area contributed by atoms with Crippen LogP contribution in [0.1, 0.15) is 62.3 Å². The Labute approximate surface area is 421 Å². The normalized spacial score (nSPS) is 17.1. The molecule has 2 atom stereocenters. The number of anilines is 4. The Hall–Kier alpha value is -4.10. The van der Waals surface area contributed by atoms with Crippen LogP contribution >= 0.6 is 58.1 Å². The smallest absolute Gasteiger partial charge is 0.325 e. The minimum absolute atomic E-state index is 0. The number of fused-ring (bicyclic) bond motifs is 2. The van der Waals surface area contributed by atoms with E-state index < -0.39 is 14.0 Å². The van der Waals surface area contributed by atoms with E-state index in [1.807, 2.05) is 36.8 Å². The maximum atomic E-state index is 11.0. The van der Waals surface area contributed by atoms with Gasteiger partial charge >= 0.3 is 5.97 Å². The highest BCUT2D eigenvalue weighted by Gasteiger charge is 2.24. The molecule has 9 heterocycles. The van der Waals surface area contributed by atoms with Gasteiger partial charge in [-0.15, -0.1) is 12.4 Å². The van der Waals surface area contributed by atoms with Crippen molar-refractivity contribution in [2.75, 3.05) is 49.7 Å². The number of aromatic nitrogens is 10. The number of nitrogens with one attached hydrogen (secondary N) is 1. The zero-order valence-corrected chi connectivity index (χ0v) is 45.0. The van der Waals surface area contributed by atoms with Crippen molar-refractivity contribution < 1.29 is 14.6 Å². The Morgan fingerprint density at radius 2 is 1.55 bits per heavy atom. The average molecular weight is 1100 g/mol. The topological polar surface area (TPSA) is 172 Å². The van der Waals surface area contributed by atoms with Crippen molar-refractivity contribution in [3.8, 4) is 11.3 Å². The minimum atomic E-state index is -1.16. The standard InChI is InChI=1S/C23H35IN6OSSi.C22H26N8O2S.ClH/c1-17-7-6-8-28(13-17)15-19-11-21(32-27-19)30(16-31-9-10-33(3,4)5)23-22-25-12-20(24)29(22)14-18(2)26-23;1-14-4-3-5-28(9-14)12-17-6-19(33-27-17)26-21-22-23-8-18(30(22)10-15(2)25-21)16-7-24-29(11-16)13-20(31)32;/h11-12,14,17H,6-10,13,15-16H2,1-5H3;6-8,10-11,14H,3-5,9,12-13H2,1-2H3,(H,25,26)(H,31,32);1H. The van der Waals surface area contributed by atoms with Crippen molar-refractivity contribution in [1.29, 1.82) is 0 Å². The summed E-state index contributed by atoms with van der Waals surface area (Å²) in [6.07, 6.45) is 16.1. The van der Waals surface area contributed by atoms with E-state index in [1.54, 1.807) is 18.6 Å². The second-order valence-corrected chi connectivity index (χ2v) is 27.4. The van der Waals surface area contributed by atoms with Gasteiger partial charge in [0.2, 0.25) is 0 Å². The Kier molecular flexibility index (Phi) is 17.1. The third-order valence-electron chi connectivity index (χ3n) is 11.7. The highest BCUT2D eigenvalue weighted by molar-refractivity contribution is 14.1. The van der Waals surface area contributed by atoms with Crippen molar-refractivity contribution >= 4 is 105 Å². The molecule has 0 aromatic carbocycles. The number of piperidine rings is 2. The van der Waals surface area contributed by atoms with Gasteiger partial charge in [-0.05, 0) is 128 Å². The number of carboxylic acid groups (broad SMARTS) is 1. The molecule has 0 bridgehead atoms. The maximum absolute atomic E-state index is 11.0. The SMILES string of the molecule is Cc1cn2c(-c3cnn(CC(=O)O)c3)cnc2c(Nc2cc(CN3CCCC(C)C3)ns2)n1.Cc1cn2c(I)cnc2c(N(COCC[Si](C)(C)C)c2cc(CN3CCCC(C)C3)ns2)n1.Cl. The monoisotopic (exact) mass is 1100 g/mol. The Morgan fingerprint density at radius 1 is 0.896 bits per heavy atom. The highest BCUT2D eigenvalue weighted by Crippen LogP contribution is 2.33. The van der Waals surface area contributed by atoms with E-state index in [0.29, 0.717) is 18.2 Å². The first-order chi connectivity index (χ1) is 31.6. The van der Waals surface area contributed by atoms with Gasteiger partial charge in [-0.3, -0.25) is 33.0 Å². The summed E-state index contributed by atoms with van der Waals surface area (Å²) in [6, 6.07) is 5.43. The lowest BCUT2D eigenvalue weighted by molar-refractivity contribution is -0.137. The van der Waals surface area contributed by atoms with Crippen molar-refractivity contribution in [3.63, 3.8) is 0 Å². The summed E-state index contributed by atoms with van der Waals surface area (Å²) in [6.45, 7) is 23.1. The molecule has 2 unspecified atom stereocenters. The molecule has 2 aliphatic heterocycles. The van der Waals surface area contributed by atoms with Crippen LogP contribution in [0.15, 0.2) is 49.3 Å². The van der Waals surface area contributed by atoms with Gasteiger partial charge in [0.25, 0.3) is 0 Å². The molecule has 7 aromatic rings. The number of rotatable bonds is 16. The van der Waals surface area contributed by atoms with Gasteiger partial charge in [-0.2, -0.15) is 13.8 Å². The molecule has 2 aliphatic rings. The van der Waals surface area contributed by atoms with Crippen LogP contribution in [-0.4, -0.2) is 116 Å². The predicted octanol–water partition coefficient (Wildman–Crippen LogP) is 9.62. The second-order valence-electron chi connectivity index (χ2n) is 19.1. The molecule has 0 saturated carbocycles. The number of hydrogen-bond donors (Lipinski definition) is 2. The molecule has 17 nitrogen and oxygen atoms in total. The van der Waals surface area contributed by atoms with Crippen LogP contribution < -0.4 is 10.2 Å². The largest absolute Gasteiger partial charge is 0.480 e. The van der Waals surface area contributed by atoms with Gasteiger partial charge in [0.15, 0.2) is 22.9 Å². The summed E-state index contributed by atoms with van der Waals surface area (Å²) < 4.78 is 22.2. The molecule has 0 amide bonds. The van der Waals surface area contributed by atoms with E-state index in [4.69, 9.17) is 19.2 Å². The Bertz CT molecular complexity index is 2750. The number of likely N-dealkylation sites (tertiary alicyclic amines) is 2. The lowest BCUT2D eigenvalue weighted by atomic mass is 10.0. The van der Waals surface area contributed by atoms with Gasteiger partial charge < -0.3 is 15.2 Å². The summed E-state index contributed by atoms with van der Waals surface area (Å²) in [5.74, 6) is 2.05. The van der Waals surface area contributed by atoms with E-state index >= 15 is 0 Å². The molecule has 0 spiro atoms. The number of nitrogens with zero attached hydrogens (tertiary/aromatic N) is 13. The number of ether oxygens (including phenoxy) is 1. The first-order valence-electron chi connectivity index (χ1n) is 22.7. The van der Waals surface area contributed by atoms with Gasteiger partial charge in [0.05, 0.1) is 47.1 Å². The quantitative estimate of drug-likeness (QED) is 0.0406. The van der Waals surface area contributed by atoms with Crippen molar-refractivity contribution in [3.05, 3.63) is 75.8 Å². The van der Waals surface area contributed by atoms with Crippen LogP contribution in [0.5, 0.6) is 0 Å². The molecular weight excluding hydrogens is 1040 g/mol. The van der Waals surface area contributed by atoms with Crippen molar-refractivity contribution in [1.82, 2.24) is 57.1 Å². The van der Waals surface area contributed by atoms with E-state index in [2.05, 4.69) is 117 Å². The summed E-state index contributed by atoms with van der Waals surface area (Å²) in [4.78, 5) is 36.9. The molecular formula is C45H62ClIN14O3S2Si. The fourth-order valence-corrected chi connectivity index (χ4v) is 11.2. The van der Waals surface area contributed by atoms with Gasteiger partial charge in [0, 0.05) is 65.0 Å². The minimum Gasteiger partial charge on any atom is -0.480 e. The number of hydrogen-bond acceptors (Lipinski definition) is 15. The van der Waals surface area contributed by atoms with Crippen LogP contribution in [-0.2, 0) is 29.2 Å². The summed E-state index contributed by atoms with van der Waals surface area (Å²) in [5, 5.41) is 18.5. The van der Waals surface area contributed by atoms with Gasteiger partial charge in [-0.25, -0.2) is 19.9 Å². The number of aryl methyl sites for hydroxylation is 2. The first kappa shape index (κ1) is 50.8. The van der Waals surface area contributed by atoms with Crippen LogP contribution in [0.25, 0.3) is 22.6 Å². The van der Waals surface area contributed by atoms with Crippen LogP contribution in [0.4, 0.5) is 21.6 Å². The fraction of sp³-hybridized carbons (Fsp3) is 0.511. The van der Waals surface area contributed by atoms with Crippen LogP contribution in [0.2, 0.25) is 25.7 Å². The van der Waals surface area contributed by atoms with E-state index in [0.717, 1.165) is 123 Å². The Morgan fingerprint density at radius 3 is 2.24 bits per heavy atom. The lowest BCUT2D eigenvalue weighted by Crippen LogP contribution is -2.33. The Balaban J connectivity index is 0.000000196. The molecule has 22 heteroatoms. The van der Waals surface area contributed by atoms with Crippen molar-refractivity contribution in [2.24, 2.45) is 11.8 Å². The third kappa shape index (κ3) is 13.4. The van der Waals surface area contributed by atoms with Crippen LogP contribution in [0.3, 0.4) is 0 Å². The molecule has 2 saturated heterocycles. The summed E-state index contributed by atoms with van der Waals surface area (Å²) >= 11 is 5.27. The van der Waals surface area contributed by atoms with Crippen molar-refractivity contribution in [2.45, 2.75) is 98.7 Å². The number of imidazole rings is 2. The molecule has 9 rings (SSSR count). The maximum Gasteiger partial charge on any atom is 0.325 e. The number of carbonyl (C=O) groups is 1. The number of carboxylic acids is 1. The molecule has 0 radical (unpaired) electrons. The molecule has 2 N–H and O–H groups in total. The average Bonchev–Trinajstić information content (AvgIpc) is 4.11. The molecule has 67 heavy (non-hydrogen) atoms. The summed E-state index contributed by atoms with van der Waals surface area (Å²) in [7, 11) is -1.16. The zero-order valence-electron chi connectivity index (χ0n) is 39.4. The summed E-state index contributed by atoms with van der Waals surface area (Å²) in [5.41, 5.74) is 7.10. The number of aliphatic carboxylic acids is 1. The zero-order chi connectivity index (χ0) is 46.5. The van der Waals surface area contributed by atoms with Gasteiger partial charge in [0.1, 0.15) is 27.0 Å². The van der Waals surface area contributed by atoms with E-state index in [-0.39, 0.29) is 19.0 Å². The third-order valence-corrected chi connectivity index (χ3v) is 15.8. The molecule has 7 aromatic heterocycles. The molecule has 0 aliphatic carbocycles.